The van der Waals surface area contributed by atoms with Crippen molar-refractivity contribution in [3.05, 3.63) is 362 Å². The van der Waals surface area contributed by atoms with Crippen LogP contribution in [-0.2, 0) is 5.41 Å². The van der Waals surface area contributed by atoms with Gasteiger partial charge < -0.3 is 0 Å². The third kappa shape index (κ3) is 9.55. The van der Waals surface area contributed by atoms with E-state index in [1.165, 1.54) is 128 Å². The average molecular weight is 1040 g/mol. The van der Waals surface area contributed by atoms with Gasteiger partial charge in [0.05, 0.1) is 5.41 Å². The predicted octanol–water partition coefficient (Wildman–Crippen LogP) is 21.0. The quantitative estimate of drug-likeness (QED) is 0.107. The van der Waals surface area contributed by atoms with E-state index in [-0.39, 0.29) is 5.92 Å². The lowest BCUT2D eigenvalue weighted by Crippen LogP contribution is -2.26. The highest BCUT2D eigenvalue weighted by Crippen LogP contribution is 2.64. The largest absolute Gasteiger partial charge is 0.0842 e. The molecule has 2 unspecified atom stereocenters. The molecule has 0 nitrogen and oxygen atoms in total. The van der Waals surface area contributed by atoms with Crippen LogP contribution in [0.4, 0.5) is 0 Å². The molecule has 0 bridgehead atoms. The molecule has 0 saturated carbocycles. The van der Waals surface area contributed by atoms with Gasteiger partial charge in [0.2, 0.25) is 0 Å². The van der Waals surface area contributed by atoms with Gasteiger partial charge in [-0.1, -0.05) is 255 Å². The molecule has 14 rings (SSSR count). The van der Waals surface area contributed by atoms with Crippen molar-refractivity contribution >= 4 is 41.0 Å². The number of hydrogen-bond donors (Lipinski definition) is 0. The van der Waals surface area contributed by atoms with Gasteiger partial charge in [0, 0.05) is 5.92 Å². The smallest absolute Gasteiger partial charge is 0.0726 e. The average Bonchev–Trinajstić information content (AvgIpc) is 4.07. The Morgan fingerprint density at radius 1 is 0.370 bits per heavy atom. The van der Waals surface area contributed by atoms with E-state index in [1.54, 1.807) is 0 Å². The normalized spacial score (nSPS) is 18.6. The van der Waals surface area contributed by atoms with Gasteiger partial charge in [-0.15, -0.1) is 0 Å². The van der Waals surface area contributed by atoms with Gasteiger partial charge in [0.15, 0.2) is 0 Å². The maximum atomic E-state index is 2.57. The van der Waals surface area contributed by atoms with Crippen LogP contribution in [0.25, 0.3) is 63.3 Å². The van der Waals surface area contributed by atoms with E-state index in [4.69, 9.17) is 0 Å². The Morgan fingerprint density at radius 3 is 1.26 bits per heavy atom. The summed E-state index contributed by atoms with van der Waals surface area (Å²) < 4.78 is 0. The molecule has 0 heterocycles. The summed E-state index contributed by atoms with van der Waals surface area (Å²) in [5.74, 6) is 0.261. The molecule has 1 spiro atoms. The maximum absolute atomic E-state index is 2.57. The minimum atomic E-state index is -0.676. The molecule has 0 fully saturated rings. The molecule has 388 valence electrons. The SMILES string of the molecule is C1=CCCC(C(=Cc2ccc3c(c2)C2(c4cc(C=C(C5=CCCC=C5)c5ccccc5)ccc4-c4ccc(C=C(c5ccccc5)C5C=CC=CC5)cc42)c2cc(C=C(c4ccccc4)c4ccccc4)ccc2-3)C2=CCCC=C2)=C1. The molecular formula is C81H64. The van der Waals surface area contributed by atoms with Crippen LogP contribution in [0.1, 0.15) is 112 Å². The summed E-state index contributed by atoms with van der Waals surface area (Å²) in [4.78, 5) is 0. The van der Waals surface area contributed by atoms with Crippen LogP contribution in [0.3, 0.4) is 0 Å². The van der Waals surface area contributed by atoms with Gasteiger partial charge >= 0.3 is 0 Å². The van der Waals surface area contributed by atoms with Gasteiger partial charge in [-0.05, 0) is 215 Å². The Kier molecular flexibility index (Phi) is 13.6. The number of hydrogen-bond acceptors (Lipinski definition) is 0. The second-order valence-corrected chi connectivity index (χ2v) is 22.3. The van der Waals surface area contributed by atoms with Crippen LogP contribution in [0.5, 0.6) is 0 Å². The summed E-state index contributed by atoms with van der Waals surface area (Å²) in [5, 5.41) is 0. The first-order valence-electron chi connectivity index (χ1n) is 29.3. The van der Waals surface area contributed by atoms with Gasteiger partial charge in [-0.2, -0.15) is 0 Å². The van der Waals surface area contributed by atoms with Crippen LogP contribution in [0.15, 0.2) is 295 Å². The molecule has 6 aliphatic rings. The number of fused-ring (bicyclic) bond motifs is 10. The summed E-state index contributed by atoms with van der Waals surface area (Å²) in [7, 11) is 0. The van der Waals surface area contributed by atoms with E-state index < -0.39 is 5.41 Å². The number of rotatable bonds is 12. The van der Waals surface area contributed by atoms with Crippen molar-refractivity contribution in [2.75, 3.05) is 0 Å². The third-order valence-corrected chi connectivity index (χ3v) is 17.3. The van der Waals surface area contributed by atoms with Gasteiger partial charge in [-0.25, -0.2) is 0 Å². The van der Waals surface area contributed by atoms with Gasteiger partial charge in [-0.3, -0.25) is 0 Å². The fourth-order valence-corrected chi connectivity index (χ4v) is 13.5. The summed E-state index contributed by atoms with van der Waals surface area (Å²) in [6.07, 6.45) is 47.4. The van der Waals surface area contributed by atoms with Crippen molar-refractivity contribution in [1.82, 2.24) is 0 Å². The van der Waals surface area contributed by atoms with Crippen LogP contribution in [0, 0.1) is 5.92 Å². The molecule has 8 aromatic carbocycles. The van der Waals surface area contributed by atoms with E-state index in [0.717, 1.165) is 44.9 Å². The zero-order valence-electron chi connectivity index (χ0n) is 45.8. The molecule has 0 radical (unpaired) electrons. The van der Waals surface area contributed by atoms with Gasteiger partial charge in [0.25, 0.3) is 0 Å². The Labute approximate surface area is 479 Å². The maximum Gasteiger partial charge on any atom is 0.0726 e. The first kappa shape index (κ1) is 49.9. The molecule has 0 heteroatoms. The van der Waals surface area contributed by atoms with Crippen molar-refractivity contribution in [3.8, 4) is 22.3 Å². The summed E-state index contributed by atoms with van der Waals surface area (Å²) in [5.41, 5.74) is 28.5. The second-order valence-electron chi connectivity index (χ2n) is 22.3. The topological polar surface area (TPSA) is 0 Å². The Bertz CT molecular complexity index is 4090. The first-order chi connectivity index (χ1) is 40.2. The highest BCUT2D eigenvalue weighted by Gasteiger charge is 2.52. The molecule has 0 amide bonds. The summed E-state index contributed by atoms with van der Waals surface area (Å²) >= 11 is 0. The molecule has 2 atom stereocenters. The standard InChI is InChI=1S/C81H64/c1-9-25-61(26-10-1)73(62-27-11-2-12-28-62)49-57-41-45-69-70-46-42-58(50-74(63-29-13-3-14-30-63)64-31-15-4-16-32-64)54-78(70)81(77(69)53-57)79-55-59(51-75(65-33-17-5-18-34-65)66-35-19-6-20-36-66)43-47-71(79)72-48-44-60(56-80(72)81)52-76(67-37-21-7-22-38-67)68-39-23-8-24-40-68/h1-3,5-7,9-15,17-21,23,25-27,29-37,39-56,62H,4,8,16,22,24,28,38H2. The van der Waals surface area contributed by atoms with Crippen molar-refractivity contribution in [1.29, 1.82) is 0 Å². The zero-order chi connectivity index (χ0) is 54.0. The van der Waals surface area contributed by atoms with Crippen molar-refractivity contribution < 1.29 is 0 Å². The number of benzene rings is 8. The zero-order valence-corrected chi connectivity index (χ0v) is 45.8. The summed E-state index contributed by atoms with van der Waals surface area (Å²) in [6.45, 7) is 0. The predicted molar refractivity (Wildman–Crippen MR) is 345 cm³/mol. The monoisotopic (exact) mass is 1040 g/mol. The lowest BCUT2D eigenvalue weighted by molar-refractivity contribution is 0.792. The van der Waals surface area contributed by atoms with Crippen molar-refractivity contribution in [3.63, 3.8) is 0 Å². The minimum Gasteiger partial charge on any atom is -0.0842 e. The second kappa shape index (κ2) is 22.1. The Balaban J connectivity index is 1.06. The molecule has 0 saturated heterocycles. The fourth-order valence-electron chi connectivity index (χ4n) is 13.5. The van der Waals surface area contributed by atoms with Crippen molar-refractivity contribution in [2.45, 2.75) is 50.4 Å². The van der Waals surface area contributed by atoms with Crippen LogP contribution in [0.2, 0.25) is 0 Å². The number of allylic oxidation sites excluding steroid dienone is 19. The van der Waals surface area contributed by atoms with E-state index in [0.29, 0.717) is 0 Å². The highest BCUT2D eigenvalue weighted by atomic mass is 14.5. The minimum absolute atomic E-state index is 0.261. The van der Waals surface area contributed by atoms with Crippen molar-refractivity contribution in [2.24, 2.45) is 5.92 Å². The molecule has 8 aromatic rings. The lowest BCUT2D eigenvalue weighted by atomic mass is 9.69. The van der Waals surface area contributed by atoms with Crippen LogP contribution in [-0.4, -0.2) is 0 Å². The van der Waals surface area contributed by atoms with E-state index in [9.17, 15) is 0 Å². The van der Waals surface area contributed by atoms with Crippen LogP contribution < -0.4 is 0 Å². The van der Waals surface area contributed by atoms with Crippen LogP contribution >= 0.6 is 0 Å². The molecule has 6 aliphatic carbocycles. The highest BCUT2D eigenvalue weighted by molar-refractivity contribution is 6.00. The first-order valence-corrected chi connectivity index (χ1v) is 29.3. The molecule has 0 aliphatic heterocycles. The molecule has 0 aromatic heterocycles. The Morgan fingerprint density at radius 2 is 0.815 bits per heavy atom. The molecule has 81 heavy (non-hydrogen) atoms. The fraction of sp³-hybridized carbons (Fsp3) is 0.111. The Hall–Kier alpha value is -9.36. The lowest BCUT2D eigenvalue weighted by Gasteiger charge is -2.31. The van der Waals surface area contributed by atoms with E-state index in [1.807, 2.05) is 0 Å². The summed E-state index contributed by atoms with van der Waals surface area (Å²) in [6, 6.07) is 73.3. The van der Waals surface area contributed by atoms with Gasteiger partial charge in [0.1, 0.15) is 0 Å². The van der Waals surface area contributed by atoms with E-state index >= 15 is 0 Å². The molecular weight excluding hydrogens is 973 g/mol. The van der Waals surface area contributed by atoms with E-state index in [2.05, 4.69) is 297 Å². The molecule has 0 N–H and O–H groups in total. The third-order valence-electron chi connectivity index (χ3n) is 17.3.